The summed E-state index contributed by atoms with van der Waals surface area (Å²) in [6.45, 7) is 3.75. The fourth-order valence-corrected chi connectivity index (χ4v) is 2.91. The molecule has 0 aromatic carbocycles. The SMILES string of the molecule is C=CCNC(=O)NC(=O)CSc1nc(N)c2ccsc2n1. The minimum Gasteiger partial charge on any atom is -0.383 e. The molecule has 0 atom stereocenters. The third-order valence-electron chi connectivity index (χ3n) is 2.33. The fourth-order valence-electron chi connectivity index (χ4n) is 1.42. The summed E-state index contributed by atoms with van der Waals surface area (Å²) in [6.07, 6.45) is 1.52. The van der Waals surface area contributed by atoms with E-state index >= 15 is 0 Å². The predicted octanol–water partition coefficient (Wildman–Crippen LogP) is 1.38. The highest BCUT2D eigenvalue weighted by atomic mass is 32.2. The van der Waals surface area contributed by atoms with Crippen LogP contribution >= 0.6 is 23.1 Å². The number of urea groups is 1. The van der Waals surface area contributed by atoms with Gasteiger partial charge in [-0.05, 0) is 11.4 Å². The zero-order valence-corrected chi connectivity index (χ0v) is 12.6. The van der Waals surface area contributed by atoms with Gasteiger partial charge in [-0.15, -0.1) is 17.9 Å². The molecule has 2 rings (SSSR count). The summed E-state index contributed by atoms with van der Waals surface area (Å²) < 4.78 is 0. The number of hydrogen-bond donors (Lipinski definition) is 3. The molecule has 110 valence electrons. The second-order valence-electron chi connectivity index (χ2n) is 3.87. The molecule has 4 N–H and O–H groups in total. The molecule has 7 nitrogen and oxygen atoms in total. The van der Waals surface area contributed by atoms with Crippen LogP contribution in [0.15, 0.2) is 29.3 Å². The van der Waals surface area contributed by atoms with Gasteiger partial charge >= 0.3 is 6.03 Å². The second-order valence-corrected chi connectivity index (χ2v) is 5.70. The van der Waals surface area contributed by atoms with Gasteiger partial charge in [-0.2, -0.15) is 0 Å². The number of carbonyl (C=O) groups is 2. The van der Waals surface area contributed by atoms with Crippen molar-refractivity contribution in [1.29, 1.82) is 0 Å². The molecule has 9 heteroatoms. The summed E-state index contributed by atoms with van der Waals surface area (Å²) >= 11 is 2.57. The molecule has 21 heavy (non-hydrogen) atoms. The number of nitrogen functional groups attached to an aromatic ring is 1. The van der Waals surface area contributed by atoms with Crippen molar-refractivity contribution in [3.05, 3.63) is 24.1 Å². The molecule has 0 saturated heterocycles. The van der Waals surface area contributed by atoms with Gasteiger partial charge in [0.15, 0.2) is 5.16 Å². The Labute approximate surface area is 129 Å². The van der Waals surface area contributed by atoms with Crippen molar-refractivity contribution in [2.24, 2.45) is 0 Å². The van der Waals surface area contributed by atoms with E-state index in [1.807, 2.05) is 11.4 Å². The summed E-state index contributed by atoms with van der Waals surface area (Å²) in [5.41, 5.74) is 5.81. The van der Waals surface area contributed by atoms with Crippen LogP contribution in [0, 0.1) is 0 Å². The number of rotatable bonds is 5. The Morgan fingerprint density at radius 3 is 3.05 bits per heavy atom. The summed E-state index contributed by atoms with van der Waals surface area (Å²) in [4.78, 5) is 32.0. The lowest BCUT2D eigenvalue weighted by molar-refractivity contribution is -0.117. The van der Waals surface area contributed by atoms with Gasteiger partial charge in [0.25, 0.3) is 0 Å². The van der Waals surface area contributed by atoms with Crippen LogP contribution < -0.4 is 16.4 Å². The maximum absolute atomic E-state index is 11.6. The average Bonchev–Trinajstić information content (AvgIpc) is 2.92. The number of anilines is 1. The smallest absolute Gasteiger partial charge is 0.321 e. The zero-order valence-electron chi connectivity index (χ0n) is 11.0. The lowest BCUT2D eigenvalue weighted by Crippen LogP contribution is -2.40. The molecule has 0 aliphatic rings. The van der Waals surface area contributed by atoms with E-state index in [0.717, 1.165) is 22.0 Å². The number of nitrogens with two attached hydrogens (primary N) is 1. The number of hydrogen-bond acceptors (Lipinski definition) is 7. The van der Waals surface area contributed by atoms with Crippen LogP contribution in [-0.2, 0) is 4.79 Å². The highest BCUT2D eigenvalue weighted by Gasteiger charge is 2.11. The number of nitrogens with one attached hydrogen (secondary N) is 2. The lowest BCUT2D eigenvalue weighted by Gasteiger charge is -2.04. The number of nitrogens with zero attached hydrogens (tertiary/aromatic N) is 2. The lowest BCUT2D eigenvalue weighted by atomic mass is 10.4. The van der Waals surface area contributed by atoms with Crippen LogP contribution in [0.4, 0.5) is 10.6 Å². The van der Waals surface area contributed by atoms with Gasteiger partial charge in [0, 0.05) is 6.54 Å². The minimum absolute atomic E-state index is 0.0256. The molecular formula is C12H13N5O2S2. The normalized spacial score (nSPS) is 10.3. The molecule has 0 aliphatic carbocycles. The largest absolute Gasteiger partial charge is 0.383 e. The van der Waals surface area contributed by atoms with E-state index in [2.05, 4.69) is 27.2 Å². The Balaban J connectivity index is 1.90. The second kappa shape index (κ2) is 7.04. The van der Waals surface area contributed by atoms with E-state index in [0.29, 0.717) is 17.5 Å². The quantitative estimate of drug-likeness (QED) is 0.435. The molecule has 0 bridgehead atoms. The van der Waals surface area contributed by atoms with Crippen LogP contribution in [-0.4, -0.2) is 34.2 Å². The molecule has 0 saturated carbocycles. The molecular weight excluding hydrogens is 310 g/mol. The fraction of sp³-hybridized carbons (Fsp3) is 0.167. The number of thiophene rings is 1. The molecule has 0 aliphatic heterocycles. The maximum atomic E-state index is 11.6. The van der Waals surface area contributed by atoms with Crippen LogP contribution in [0.3, 0.4) is 0 Å². The Bertz CT molecular complexity index is 685. The molecule has 2 aromatic heterocycles. The van der Waals surface area contributed by atoms with Gasteiger partial charge in [-0.25, -0.2) is 14.8 Å². The van der Waals surface area contributed by atoms with E-state index in [1.165, 1.54) is 17.4 Å². The number of thioether (sulfide) groups is 1. The van der Waals surface area contributed by atoms with E-state index < -0.39 is 11.9 Å². The summed E-state index contributed by atoms with van der Waals surface area (Å²) in [5, 5.41) is 7.72. The molecule has 2 heterocycles. The van der Waals surface area contributed by atoms with Gasteiger partial charge in [-0.1, -0.05) is 17.8 Å². The maximum Gasteiger partial charge on any atom is 0.321 e. The predicted molar refractivity (Wildman–Crippen MR) is 84.3 cm³/mol. The van der Waals surface area contributed by atoms with Gasteiger partial charge in [-0.3, -0.25) is 10.1 Å². The summed E-state index contributed by atoms with van der Waals surface area (Å²) in [6, 6.07) is 1.29. The third kappa shape index (κ3) is 4.17. The monoisotopic (exact) mass is 323 g/mol. The van der Waals surface area contributed by atoms with E-state index in [4.69, 9.17) is 5.73 Å². The molecule has 3 amide bonds. The third-order valence-corrected chi connectivity index (χ3v) is 3.98. The highest BCUT2D eigenvalue weighted by molar-refractivity contribution is 7.99. The number of imide groups is 1. The molecule has 0 unspecified atom stereocenters. The van der Waals surface area contributed by atoms with E-state index in [-0.39, 0.29) is 5.75 Å². The zero-order chi connectivity index (χ0) is 15.2. The Hall–Kier alpha value is -2.13. The summed E-state index contributed by atoms with van der Waals surface area (Å²) in [5.74, 6) is -0.0272. The van der Waals surface area contributed by atoms with Gasteiger partial charge in [0.2, 0.25) is 5.91 Å². The van der Waals surface area contributed by atoms with Crippen molar-refractivity contribution >= 4 is 51.1 Å². The van der Waals surface area contributed by atoms with E-state index in [9.17, 15) is 9.59 Å². The van der Waals surface area contributed by atoms with Gasteiger partial charge < -0.3 is 11.1 Å². The van der Waals surface area contributed by atoms with Crippen LogP contribution in [0.1, 0.15) is 0 Å². The number of amides is 3. The number of fused-ring (bicyclic) bond motifs is 1. The average molecular weight is 323 g/mol. The topological polar surface area (TPSA) is 110 Å². The molecule has 2 aromatic rings. The molecule has 0 fully saturated rings. The highest BCUT2D eigenvalue weighted by Crippen LogP contribution is 2.25. The van der Waals surface area contributed by atoms with Crippen molar-refractivity contribution in [2.75, 3.05) is 18.0 Å². The van der Waals surface area contributed by atoms with Crippen molar-refractivity contribution in [3.63, 3.8) is 0 Å². The number of carbonyl (C=O) groups excluding carboxylic acids is 2. The standard InChI is InChI=1S/C12H13N5O2S2/c1-2-4-14-11(19)15-8(18)6-21-12-16-9(13)7-3-5-20-10(7)17-12/h2-3,5H,1,4,6H2,(H2,13,16,17)(H2,14,15,18,19). The van der Waals surface area contributed by atoms with Crippen LogP contribution in [0.5, 0.6) is 0 Å². The Morgan fingerprint density at radius 1 is 1.48 bits per heavy atom. The van der Waals surface area contributed by atoms with Crippen LogP contribution in [0.2, 0.25) is 0 Å². The van der Waals surface area contributed by atoms with Gasteiger partial charge in [0.1, 0.15) is 10.6 Å². The first-order valence-corrected chi connectivity index (χ1v) is 7.78. The summed E-state index contributed by atoms with van der Waals surface area (Å²) in [7, 11) is 0. The molecule has 0 spiro atoms. The van der Waals surface area contributed by atoms with Gasteiger partial charge in [0.05, 0.1) is 11.1 Å². The first-order valence-electron chi connectivity index (χ1n) is 5.92. The van der Waals surface area contributed by atoms with Crippen molar-refractivity contribution in [1.82, 2.24) is 20.6 Å². The van der Waals surface area contributed by atoms with Crippen molar-refractivity contribution in [2.45, 2.75) is 5.16 Å². The first kappa shape index (κ1) is 15.3. The molecule has 0 radical (unpaired) electrons. The Morgan fingerprint density at radius 2 is 2.29 bits per heavy atom. The van der Waals surface area contributed by atoms with E-state index in [1.54, 1.807) is 0 Å². The Kier molecular flexibility index (Phi) is 5.12. The van der Waals surface area contributed by atoms with Crippen LogP contribution in [0.25, 0.3) is 10.2 Å². The minimum atomic E-state index is -0.561. The van der Waals surface area contributed by atoms with Crippen molar-refractivity contribution < 1.29 is 9.59 Å². The van der Waals surface area contributed by atoms with Crippen molar-refractivity contribution in [3.8, 4) is 0 Å². The first-order chi connectivity index (χ1) is 10.1. The number of aromatic nitrogens is 2.